The second-order valence-electron chi connectivity index (χ2n) is 7.74. The van der Waals surface area contributed by atoms with Crippen LogP contribution < -0.4 is 11.1 Å². The number of amides is 1. The molecule has 0 unspecified atom stereocenters. The van der Waals surface area contributed by atoms with Crippen molar-refractivity contribution in [3.8, 4) is 6.07 Å². The van der Waals surface area contributed by atoms with Gasteiger partial charge in [0.2, 0.25) is 0 Å². The monoisotopic (exact) mass is 490 g/mol. The standard InChI is InChI=1S/C21H22ClFN7O2S/c1-21(2,29-20(25)30-8-4-3-7-27-33(30)32)15-10-14(5-6-17(15)23)28-19(31)18-16(22)9-13(11-24)12-26-18/h5-6,9-10,12H,3-4,7-8H2,1-2H3,(H2,25,29)(H,28,31)/q-1. The zero-order chi connectivity index (χ0) is 24.2. The molecule has 0 atom stereocenters. The molecule has 0 fully saturated rings. The number of nitrogens with two attached hydrogens (primary N) is 1. The average Bonchev–Trinajstić information content (AvgIpc) is 2.98. The number of aromatic nitrogens is 1. The summed E-state index contributed by atoms with van der Waals surface area (Å²) in [4.78, 5) is 20.9. The number of hydrogen-bond donors (Lipinski definition) is 2. The molecule has 1 aliphatic heterocycles. The predicted octanol–water partition coefficient (Wildman–Crippen LogP) is 3.71. The fourth-order valence-electron chi connectivity index (χ4n) is 3.18. The van der Waals surface area contributed by atoms with Crippen molar-refractivity contribution < 1.29 is 13.4 Å². The summed E-state index contributed by atoms with van der Waals surface area (Å²) in [6.45, 7) is 4.22. The highest BCUT2D eigenvalue weighted by Crippen LogP contribution is 2.30. The van der Waals surface area contributed by atoms with E-state index in [2.05, 4.69) is 19.7 Å². The van der Waals surface area contributed by atoms with Gasteiger partial charge in [0.05, 0.1) is 16.1 Å². The summed E-state index contributed by atoms with van der Waals surface area (Å²) in [5.74, 6) is -1.18. The quantitative estimate of drug-likeness (QED) is 0.382. The zero-order valence-electron chi connectivity index (χ0n) is 18.0. The van der Waals surface area contributed by atoms with E-state index in [1.165, 1.54) is 34.8 Å². The van der Waals surface area contributed by atoms with E-state index in [4.69, 9.17) is 22.6 Å². The smallest absolute Gasteiger partial charge is 0.275 e. The summed E-state index contributed by atoms with van der Waals surface area (Å²) in [7, 11) is -1.65. The van der Waals surface area contributed by atoms with Crippen molar-refractivity contribution in [2.75, 3.05) is 18.4 Å². The van der Waals surface area contributed by atoms with Gasteiger partial charge in [-0.2, -0.15) is 5.26 Å². The van der Waals surface area contributed by atoms with Gasteiger partial charge in [0.25, 0.3) is 5.91 Å². The van der Waals surface area contributed by atoms with Crippen LogP contribution >= 0.6 is 11.6 Å². The number of nitriles is 1. The number of anilines is 1. The number of rotatable bonds is 4. The van der Waals surface area contributed by atoms with Gasteiger partial charge in [0.1, 0.15) is 17.6 Å². The van der Waals surface area contributed by atoms with Gasteiger partial charge in [-0.1, -0.05) is 22.4 Å². The van der Waals surface area contributed by atoms with Gasteiger partial charge < -0.3 is 23.9 Å². The molecular weight excluding hydrogens is 469 g/mol. The summed E-state index contributed by atoms with van der Waals surface area (Å²) < 4.78 is 32.4. The molecule has 2 aromatic rings. The summed E-state index contributed by atoms with van der Waals surface area (Å²) in [6.07, 6.45) is 2.79. The van der Waals surface area contributed by atoms with Crippen LogP contribution in [0.2, 0.25) is 5.02 Å². The molecule has 1 aromatic carbocycles. The van der Waals surface area contributed by atoms with E-state index >= 15 is 0 Å². The minimum Gasteiger partial charge on any atom is -0.424 e. The molecule has 0 bridgehead atoms. The fraction of sp³-hybridized carbons (Fsp3) is 0.333. The van der Waals surface area contributed by atoms with Gasteiger partial charge in [0, 0.05) is 30.5 Å². The molecule has 1 amide bonds. The molecule has 12 heteroatoms. The first-order chi connectivity index (χ1) is 15.6. The Kier molecular flexibility index (Phi) is 7.50. The number of halogens is 2. The predicted molar refractivity (Wildman–Crippen MR) is 124 cm³/mol. The lowest BCUT2D eigenvalue weighted by Crippen LogP contribution is -2.38. The highest BCUT2D eigenvalue weighted by Gasteiger charge is 2.26. The third-order valence-corrected chi connectivity index (χ3v) is 6.32. The molecule has 0 aliphatic carbocycles. The molecular formula is C21H22ClFN7O2S-. The molecule has 0 spiro atoms. The summed E-state index contributed by atoms with van der Waals surface area (Å²) in [6, 6.07) is 7.25. The van der Waals surface area contributed by atoms with Gasteiger partial charge in [-0.25, -0.2) is 14.4 Å². The van der Waals surface area contributed by atoms with Gasteiger partial charge in [0.15, 0.2) is 5.96 Å². The topological polar surface area (TPSA) is 137 Å². The number of carbonyl (C=O) groups excluding carboxylic acids is 1. The minimum absolute atomic E-state index is 0.00798. The first kappa shape index (κ1) is 24.4. The van der Waals surface area contributed by atoms with E-state index < -0.39 is 28.0 Å². The maximum absolute atomic E-state index is 14.7. The van der Waals surface area contributed by atoms with Crippen molar-refractivity contribution in [2.24, 2.45) is 15.1 Å². The Morgan fingerprint density at radius 3 is 2.85 bits per heavy atom. The molecule has 0 saturated heterocycles. The number of benzene rings is 1. The number of guanidine groups is 1. The third kappa shape index (κ3) is 5.77. The zero-order valence-corrected chi connectivity index (χ0v) is 19.6. The highest BCUT2D eigenvalue weighted by molar-refractivity contribution is 7.72. The molecule has 3 N–H and O–H groups in total. The SMILES string of the molecule is CC(C)(N=C(N)N1CCCCN=[S-]1=O)c1cc(NC(=O)c2ncc(C#N)cc2Cl)ccc1F. The van der Waals surface area contributed by atoms with E-state index in [0.29, 0.717) is 13.1 Å². The van der Waals surface area contributed by atoms with Crippen molar-refractivity contribution in [3.63, 3.8) is 0 Å². The Balaban J connectivity index is 1.88. The van der Waals surface area contributed by atoms with Crippen LogP contribution in [0, 0.1) is 17.1 Å². The molecule has 174 valence electrons. The van der Waals surface area contributed by atoms with Crippen LogP contribution in [0.15, 0.2) is 39.8 Å². The van der Waals surface area contributed by atoms with Gasteiger partial charge in [-0.3, -0.25) is 4.79 Å². The number of carbonyl (C=O) groups is 1. The highest BCUT2D eigenvalue weighted by atomic mass is 35.5. The fourth-order valence-corrected chi connectivity index (χ4v) is 4.35. The first-order valence-corrected chi connectivity index (χ1v) is 11.5. The molecule has 1 aromatic heterocycles. The number of nitrogens with zero attached hydrogens (tertiary/aromatic N) is 5. The molecule has 0 radical (unpaired) electrons. The van der Waals surface area contributed by atoms with Crippen molar-refractivity contribution in [2.45, 2.75) is 32.2 Å². The Hall–Kier alpha value is -3.23. The molecule has 9 nitrogen and oxygen atoms in total. The van der Waals surface area contributed by atoms with Gasteiger partial charge in [-0.05, 0) is 51.0 Å². The summed E-state index contributed by atoms with van der Waals surface area (Å²) in [5, 5.41) is 11.5. The van der Waals surface area contributed by atoms with E-state index in [0.717, 1.165) is 12.8 Å². The lowest BCUT2D eigenvalue weighted by atomic mass is 9.94. The normalized spacial score (nSPS) is 15.4. The number of pyridine rings is 1. The molecule has 33 heavy (non-hydrogen) atoms. The third-order valence-electron chi connectivity index (χ3n) is 4.88. The van der Waals surface area contributed by atoms with E-state index in [1.807, 2.05) is 6.07 Å². The lowest BCUT2D eigenvalue weighted by molar-refractivity contribution is 0.102. The Morgan fingerprint density at radius 2 is 2.15 bits per heavy atom. The van der Waals surface area contributed by atoms with Crippen molar-refractivity contribution >= 4 is 39.9 Å². The maximum Gasteiger partial charge on any atom is 0.275 e. The second-order valence-corrected chi connectivity index (χ2v) is 9.30. The van der Waals surface area contributed by atoms with Crippen molar-refractivity contribution in [3.05, 3.63) is 58.1 Å². The average molecular weight is 491 g/mol. The number of nitrogens with one attached hydrogen (secondary N) is 1. The number of hydrogen-bond acceptors (Lipinski definition) is 7. The first-order valence-electron chi connectivity index (χ1n) is 10.0. The Labute approximate surface area is 197 Å². The van der Waals surface area contributed by atoms with Crippen LogP contribution in [-0.4, -0.2) is 34.2 Å². The summed E-state index contributed by atoms with van der Waals surface area (Å²) >= 11 is 6.05. The van der Waals surface area contributed by atoms with Crippen LogP contribution in [0.5, 0.6) is 0 Å². The van der Waals surface area contributed by atoms with Crippen LogP contribution in [0.25, 0.3) is 0 Å². The Bertz CT molecular complexity index is 1240. The van der Waals surface area contributed by atoms with E-state index in [1.54, 1.807) is 13.8 Å². The number of aliphatic imine (C=N–C) groups is 1. The van der Waals surface area contributed by atoms with Crippen LogP contribution in [-0.2, 0) is 20.5 Å². The van der Waals surface area contributed by atoms with Crippen molar-refractivity contribution in [1.82, 2.24) is 9.29 Å². The van der Waals surface area contributed by atoms with Crippen LogP contribution in [0.1, 0.15) is 48.3 Å². The largest absolute Gasteiger partial charge is 0.424 e. The Morgan fingerprint density at radius 1 is 1.39 bits per heavy atom. The van der Waals surface area contributed by atoms with Crippen molar-refractivity contribution in [1.29, 1.82) is 5.26 Å². The second kappa shape index (κ2) is 10.1. The summed E-state index contributed by atoms with van der Waals surface area (Å²) in [5.41, 5.74) is 5.56. The van der Waals surface area contributed by atoms with Crippen LogP contribution in [0.3, 0.4) is 0 Å². The van der Waals surface area contributed by atoms with Gasteiger partial charge in [-0.15, -0.1) is 0 Å². The maximum atomic E-state index is 14.7. The minimum atomic E-state index is -1.65. The molecule has 0 saturated carbocycles. The molecule has 2 heterocycles. The lowest BCUT2D eigenvalue weighted by Gasteiger charge is -2.30. The van der Waals surface area contributed by atoms with E-state index in [-0.39, 0.29) is 33.5 Å². The molecule has 1 aliphatic rings. The molecule has 3 rings (SSSR count). The van der Waals surface area contributed by atoms with Crippen LogP contribution in [0.4, 0.5) is 10.1 Å². The van der Waals surface area contributed by atoms with Gasteiger partial charge >= 0.3 is 0 Å². The van der Waals surface area contributed by atoms with E-state index in [9.17, 15) is 13.4 Å².